The first-order valence-electron chi connectivity index (χ1n) is 4.18. The third-order valence-electron chi connectivity index (χ3n) is 1.92. The van der Waals surface area contributed by atoms with E-state index < -0.39 is 17.9 Å². The lowest BCUT2D eigenvalue weighted by molar-refractivity contribution is -0.275. The first-order valence-corrected chi connectivity index (χ1v) is 4.18. The molecule has 16 heavy (non-hydrogen) atoms. The fourth-order valence-electron chi connectivity index (χ4n) is 1.36. The van der Waals surface area contributed by atoms with Crippen molar-refractivity contribution >= 4 is 16.7 Å². The zero-order valence-electron chi connectivity index (χ0n) is 7.73. The highest BCUT2D eigenvalue weighted by atomic mass is 19.4. The molecular formula is C9H6F4N2O. The molecule has 3 nitrogen and oxygen atoms in total. The summed E-state index contributed by atoms with van der Waals surface area (Å²) in [6, 6.07) is 3.22. The summed E-state index contributed by atoms with van der Waals surface area (Å²) in [5.74, 6) is -1.75. The lowest BCUT2D eigenvalue weighted by atomic mass is 10.2. The predicted octanol–water partition coefficient (Wildman–Crippen LogP) is 2.79. The molecule has 0 unspecified atom stereocenters. The van der Waals surface area contributed by atoms with Crippen LogP contribution in [0.5, 0.6) is 5.75 Å². The number of aromatic nitrogens is 1. The molecule has 7 heteroatoms. The Hall–Kier alpha value is -1.92. The number of alkyl halides is 3. The molecule has 0 aliphatic carbocycles. The van der Waals surface area contributed by atoms with Gasteiger partial charge in [0.2, 0.25) is 0 Å². The van der Waals surface area contributed by atoms with Gasteiger partial charge in [-0.3, -0.25) is 0 Å². The van der Waals surface area contributed by atoms with E-state index in [1.807, 2.05) is 0 Å². The van der Waals surface area contributed by atoms with Gasteiger partial charge in [-0.25, -0.2) is 4.39 Å². The Kier molecular flexibility index (Phi) is 2.18. The van der Waals surface area contributed by atoms with Gasteiger partial charge in [-0.05, 0) is 12.1 Å². The molecule has 2 rings (SSSR count). The number of aromatic amines is 1. The summed E-state index contributed by atoms with van der Waals surface area (Å²) in [6.07, 6.45) is -4.92. The molecule has 0 aliphatic rings. The van der Waals surface area contributed by atoms with Gasteiger partial charge in [-0.15, -0.1) is 13.2 Å². The van der Waals surface area contributed by atoms with Crippen molar-refractivity contribution in [3.8, 4) is 5.75 Å². The van der Waals surface area contributed by atoms with Crippen LogP contribution in [0.2, 0.25) is 0 Å². The lowest BCUT2D eigenvalue weighted by Crippen LogP contribution is -2.17. The molecule has 0 bridgehead atoms. The Labute approximate surface area is 86.8 Å². The molecule has 86 valence electrons. The number of ether oxygens (including phenoxy) is 1. The van der Waals surface area contributed by atoms with Crippen molar-refractivity contribution in [2.75, 3.05) is 5.73 Å². The first-order chi connectivity index (χ1) is 7.35. The van der Waals surface area contributed by atoms with Gasteiger partial charge in [-0.1, -0.05) is 0 Å². The highest BCUT2D eigenvalue weighted by molar-refractivity contribution is 5.84. The minimum Gasteiger partial charge on any atom is -0.403 e. The number of halogens is 4. The van der Waals surface area contributed by atoms with Gasteiger partial charge in [0.1, 0.15) is 5.82 Å². The van der Waals surface area contributed by atoms with Crippen LogP contribution in [0.4, 0.5) is 23.4 Å². The number of nitrogen functional groups attached to an aromatic ring is 1. The standard InChI is InChI=1S/C9H6F4N2O/c10-5-3-6-4(2-8(14)15-6)1-7(5)16-9(11,12)13/h1-3,15H,14H2. The van der Waals surface area contributed by atoms with Crippen molar-refractivity contribution in [3.05, 3.63) is 24.0 Å². The van der Waals surface area contributed by atoms with Gasteiger partial charge in [0.15, 0.2) is 11.6 Å². The zero-order chi connectivity index (χ0) is 11.9. The Morgan fingerprint density at radius 1 is 1.19 bits per heavy atom. The summed E-state index contributed by atoms with van der Waals surface area (Å²) in [5.41, 5.74) is 5.69. The molecule has 0 amide bonds. The van der Waals surface area contributed by atoms with E-state index in [0.29, 0.717) is 10.9 Å². The van der Waals surface area contributed by atoms with E-state index in [0.717, 1.165) is 12.1 Å². The van der Waals surface area contributed by atoms with Gasteiger partial charge in [-0.2, -0.15) is 0 Å². The molecule has 0 spiro atoms. The number of fused-ring (bicyclic) bond motifs is 1. The maximum Gasteiger partial charge on any atom is 0.573 e. The Morgan fingerprint density at radius 3 is 2.50 bits per heavy atom. The van der Waals surface area contributed by atoms with E-state index >= 15 is 0 Å². The van der Waals surface area contributed by atoms with E-state index in [-0.39, 0.29) is 5.82 Å². The molecule has 0 saturated carbocycles. The smallest absolute Gasteiger partial charge is 0.403 e. The molecule has 1 heterocycles. The Bertz CT molecular complexity index is 532. The van der Waals surface area contributed by atoms with Gasteiger partial charge in [0.25, 0.3) is 0 Å². The van der Waals surface area contributed by atoms with Crippen LogP contribution in [0.15, 0.2) is 18.2 Å². The number of anilines is 1. The van der Waals surface area contributed by atoms with E-state index in [4.69, 9.17) is 5.73 Å². The summed E-state index contributed by atoms with van der Waals surface area (Å²) in [4.78, 5) is 2.59. The van der Waals surface area contributed by atoms with Crippen molar-refractivity contribution in [1.29, 1.82) is 0 Å². The van der Waals surface area contributed by atoms with E-state index in [9.17, 15) is 17.6 Å². The third-order valence-corrected chi connectivity index (χ3v) is 1.92. The molecule has 0 saturated heterocycles. The first kappa shape index (κ1) is 10.6. The molecule has 0 atom stereocenters. The molecule has 0 radical (unpaired) electrons. The third kappa shape index (κ3) is 2.02. The summed E-state index contributed by atoms with van der Waals surface area (Å²) in [6.45, 7) is 0. The lowest BCUT2D eigenvalue weighted by Gasteiger charge is -2.09. The Balaban J connectivity index is 2.49. The highest BCUT2D eigenvalue weighted by Crippen LogP contribution is 2.30. The summed E-state index contributed by atoms with van der Waals surface area (Å²) >= 11 is 0. The number of benzene rings is 1. The van der Waals surface area contributed by atoms with E-state index in [2.05, 4.69) is 9.72 Å². The van der Waals surface area contributed by atoms with E-state index in [1.165, 1.54) is 6.07 Å². The van der Waals surface area contributed by atoms with Crippen LogP contribution in [0.25, 0.3) is 10.9 Å². The highest BCUT2D eigenvalue weighted by Gasteiger charge is 2.32. The summed E-state index contributed by atoms with van der Waals surface area (Å²) in [7, 11) is 0. The predicted molar refractivity (Wildman–Crippen MR) is 49.4 cm³/mol. The Morgan fingerprint density at radius 2 is 1.88 bits per heavy atom. The fourth-order valence-corrected chi connectivity index (χ4v) is 1.36. The maximum atomic E-state index is 13.2. The van der Waals surface area contributed by atoms with Gasteiger partial charge < -0.3 is 15.5 Å². The molecular weight excluding hydrogens is 228 g/mol. The molecule has 2 aromatic rings. The van der Waals surface area contributed by atoms with Gasteiger partial charge in [0, 0.05) is 11.5 Å². The minimum atomic E-state index is -4.92. The SMILES string of the molecule is Nc1cc2cc(OC(F)(F)F)c(F)cc2[nH]1. The number of rotatable bonds is 1. The van der Waals surface area contributed by atoms with Crippen LogP contribution >= 0.6 is 0 Å². The molecule has 0 aliphatic heterocycles. The largest absolute Gasteiger partial charge is 0.573 e. The van der Waals surface area contributed by atoms with Crippen LogP contribution < -0.4 is 10.5 Å². The topological polar surface area (TPSA) is 51.0 Å². The van der Waals surface area contributed by atoms with Crippen LogP contribution in [-0.4, -0.2) is 11.3 Å². The average Bonchev–Trinajstić information content (AvgIpc) is 2.42. The fraction of sp³-hybridized carbons (Fsp3) is 0.111. The minimum absolute atomic E-state index is 0.235. The second kappa shape index (κ2) is 3.29. The van der Waals surface area contributed by atoms with Crippen LogP contribution in [-0.2, 0) is 0 Å². The van der Waals surface area contributed by atoms with Gasteiger partial charge in [0.05, 0.1) is 5.52 Å². The van der Waals surface area contributed by atoms with Gasteiger partial charge >= 0.3 is 6.36 Å². The summed E-state index contributed by atoms with van der Waals surface area (Å²) in [5, 5.41) is 0.346. The molecule has 3 N–H and O–H groups in total. The van der Waals surface area contributed by atoms with Crippen LogP contribution in [0, 0.1) is 5.82 Å². The van der Waals surface area contributed by atoms with Crippen LogP contribution in [0.1, 0.15) is 0 Å². The average molecular weight is 234 g/mol. The number of hydrogen-bond acceptors (Lipinski definition) is 2. The number of hydrogen-bond donors (Lipinski definition) is 2. The number of nitrogens with two attached hydrogens (primary N) is 1. The monoisotopic (exact) mass is 234 g/mol. The quantitative estimate of drug-likeness (QED) is 0.745. The normalized spacial score (nSPS) is 12.0. The second-order valence-corrected chi connectivity index (χ2v) is 3.14. The maximum absolute atomic E-state index is 13.2. The summed E-state index contributed by atoms with van der Waals surface area (Å²) < 4.78 is 52.4. The van der Waals surface area contributed by atoms with Crippen molar-refractivity contribution in [2.45, 2.75) is 6.36 Å². The number of nitrogens with one attached hydrogen (secondary N) is 1. The van der Waals surface area contributed by atoms with Crippen molar-refractivity contribution < 1.29 is 22.3 Å². The van der Waals surface area contributed by atoms with Crippen LogP contribution in [0.3, 0.4) is 0 Å². The zero-order valence-corrected chi connectivity index (χ0v) is 7.73. The number of H-pyrrole nitrogens is 1. The van der Waals surface area contributed by atoms with Crippen molar-refractivity contribution in [3.63, 3.8) is 0 Å². The van der Waals surface area contributed by atoms with Crippen molar-refractivity contribution in [2.24, 2.45) is 0 Å². The van der Waals surface area contributed by atoms with E-state index in [1.54, 1.807) is 0 Å². The molecule has 0 fully saturated rings. The molecule has 1 aromatic heterocycles. The van der Waals surface area contributed by atoms with Crippen molar-refractivity contribution in [1.82, 2.24) is 4.98 Å². The molecule has 1 aromatic carbocycles. The second-order valence-electron chi connectivity index (χ2n) is 3.14.